The summed E-state index contributed by atoms with van der Waals surface area (Å²) in [6.07, 6.45) is -4.36. The van der Waals surface area contributed by atoms with Crippen LogP contribution in [0.25, 0.3) is 0 Å². The molecule has 1 rings (SSSR count). The molecule has 0 N–H and O–H groups in total. The Kier molecular flexibility index (Phi) is 4.38. The van der Waals surface area contributed by atoms with Crippen molar-refractivity contribution in [3.05, 3.63) is 35.9 Å². The van der Waals surface area contributed by atoms with Gasteiger partial charge in [-0.3, -0.25) is 4.84 Å². The average Bonchev–Trinajstić information content (AvgIpc) is 2.23. The van der Waals surface area contributed by atoms with E-state index >= 15 is 0 Å². The lowest BCUT2D eigenvalue weighted by molar-refractivity contribution is -0.325. The van der Waals surface area contributed by atoms with Crippen LogP contribution in [-0.2, 0) is 4.84 Å². The first-order chi connectivity index (χ1) is 8.17. The largest absolute Gasteiger partial charge is 0.593 e. The lowest BCUT2D eigenvalue weighted by Crippen LogP contribution is -2.17. The van der Waals surface area contributed by atoms with Gasteiger partial charge >= 0.3 is 6.36 Å². The van der Waals surface area contributed by atoms with Crippen molar-refractivity contribution in [2.24, 2.45) is 10.6 Å². The van der Waals surface area contributed by atoms with Crippen molar-refractivity contribution in [3.8, 4) is 0 Å². The van der Waals surface area contributed by atoms with Crippen LogP contribution >= 0.6 is 0 Å². The number of hydrogen-bond acceptors (Lipinski definition) is 2. The number of halogens is 3. The monoisotopic (exact) mass is 259 g/mol. The molecule has 0 heterocycles. The summed E-state index contributed by atoms with van der Waals surface area (Å²) < 4.78 is 36.1. The van der Waals surface area contributed by atoms with Gasteiger partial charge in [-0.15, -0.1) is 13.2 Å². The van der Waals surface area contributed by atoms with Crippen molar-refractivity contribution in [2.45, 2.75) is 33.6 Å². The van der Waals surface area contributed by atoms with Crippen LogP contribution < -0.4 is 0 Å². The minimum atomic E-state index is -4.75. The average molecular weight is 259 g/mol. The first-order valence-electron chi connectivity index (χ1n) is 5.55. The summed E-state index contributed by atoms with van der Waals surface area (Å²) in [6, 6.07) is 8.72. The van der Waals surface area contributed by atoms with E-state index in [1.807, 2.05) is 20.8 Å². The summed E-state index contributed by atoms with van der Waals surface area (Å²) in [6.45, 7) is 5.79. The van der Waals surface area contributed by atoms with Crippen LogP contribution in [-0.4, -0.2) is 12.1 Å². The van der Waals surface area contributed by atoms with Gasteiger partial charge in [-0.05, 0) is 17.4 Å². The third-order valence-corrected chi connectivity index (χ3v) is 2.06. The highest BCUT2D eigenvalue weighted by Gasteiger charge is 2.31. The Hall–Kier alpha value is -1.52. The Balaban J connectivity index is 2.96. The van der Waals surface area contributed by atoms with Gasteiger partial charge in [0.25, 0.3) is 0 Å². The van der Waals surface area contributed by atoms with Gasteiger partial charge in [0.05, 0.1) is 5.71 Å². The van der Waals surface area contributed by atoms with Crippen LogP contribution in [0.3, 0.4) is 0 Å². The zero-order valence-corrected chi connectivity index (χ0v) is 10.6. The van der Waals surface area contributed by atoms with E-state index in [0.29, 0.717) is 17.7 Å². The SMILES string of the molecule is CC(C)(C)C/C(=N\OC(F)(F)F)c1ccccc1. The highest BCUT2D eigenvalue weighted by Crippen LogP contribution is 2.24. The van der Waals surface area contributed by atoms with Gasteiger partial charge in [0.1, 0.15) is 0 Å². The summed E-state index contributed by atoms with van der Waals surface area (Å²) in [4.78, 5) is 3.58. The molecule has 0 aromatic heterocycles. The number of oxime groups is 1. The molecule has 0 aliphatic heterocycles. The van der Waals surface area contributed by atoms with Crippen LogP contribution in [0.5, 0.6) is 0 Å². The maximum atomic E-state index is 12.0. The summed E-state index contributed by atoms with van der Waals surface area (Å²) >= 11 is 0. The fraction of sp³-hybridized carbons (Fsp3) is 0.462. The third-order valence-electron chi connectivity index (χ3n) is 2.06. The Bertz CT molecular complexity index is 404. The Morgan fingerprint density at radius 1 is 1.11 bits per heavy atom. The molecule has 100 valence electrons. The van der Waals surface area contributed by atoms with Crippen molar-refractivity contribution < 1.29 is 18.0 Å². The van der Waals surface area contributed by atoms with Gasteiger partial charge < -0.3 is 0 Å². The molecule has 1 aromatic carbocycles. The molecule has 0 aliphatic carbocycles. The molecule has 0 atom stereocenters. The molecule has 0 amide bonds. The van der Waals surface area contributed by atoms with Gasteiger partial charge in [0.2, 0.25) is 0 Å². The molecule has 1 aromatic rings. The van der Waals surface area contributed by atoms with Gasteiger partial charge in [0, 0.05) is 0 Å². The highest BCUT2D eigenvalue weighted by atomic mass is 19.4. The normalized spacial score (nSPS) is 13.6. The van der Waals surface area contributed by atoms with Crippen LogP contribution in [0.15, 0.2) is 35.5 Å². The van der Waals surface area contributed by atoms with E-state index in [-0.39, 0.29) is 5.41 Å². The summed E-state index contributed by atoms with van der Waals surface area (Å²) in [7, 11) is 0. The Morgan fingerprint density at radius 2 is 1.67 bits per heavy atom. The minimum absolute atomic E-state index is 0.177. The van der Waals surface area contributed by atoms with Crippen LogP contribution in [0.4, 0.5) is 13.2 Å². The summed E-state index contributed by atoms with van der Waals surface area (Å²) in [5.41, 5.74) is 0.751. The number of rotatable bonds is 3. The molecule has 18 heavy (non-hydrogen) atoms. The molecule has 0 saturated carbocycles. The predicted molar refractivity (Wildman–Crippen MR) is 64.2 cm³/mol. The van der Waals surface area contributed by atoms with E-state index in [9.17, 15) is 13.2 Å². The van der Waals surface area contributed by atoms with Crippen molar-refractivity contribution in [3.63, 3.8) is 0 Å². The van der Waals surface area contributed by atoms with Gasteiger partial charge in [-0.1, -0.05) is 56.3 Å². The number of hydrogen-bond donors (Lipinski definition) is 0. The van der Waals surface area contributed by atoms with Gasteiger partial charge in [0.15, 0.2) is 0 Å². The van der Waals surface area contributed by atoms with Crippen molar-refractivity contribution in [2.75, 3.05) is 0 Å². The fourth-order valence-corrected chi connectivity index (χ4v) is 1.43. The topological polar surface area (TPSA) is 21.6 Å². The standard InChI is InChI=1S/C13H16F3NO/c1-12(2,3)9-11(17-18-13(14,15)16)10-7-5-4-6-8-10/h4-8H,9H2,1-3H3/b17-11+. The van der Waals surface area contributed by atoms with E-state index in [4.69, 9.17) is 0 Å². The summed E-state index contributed by atoms with van der Waals surface area (Å²) in [5, 5.41) is 3.24. The lowest BCUT2D eigenvalue weighted by atomic mass is 9.87. The van der Waals surface area contributed by atoms with E-state index in [0.717, 1.165) is 0 Å². The highest BCUT2D eigenvalue weighted by molar-refractivity contribution is 6.00. The van der Waals surface area contributed by atoms with E-state index in [1.165, 1.54) is 0 Å². The molecular weight excluding hydrogens is 243 g/mol. The van der Waals surface area contributed by atoms with Crippen molar-refractivity contribution in [1.29, 1.82) is 0 Å². The van der Waals surface area contributed by atoms with Crippen LogP contribution in [0, 0.1) is 5.41 Å². The lowest BCUT2D eigenvalue weighted by Gasteiger charge is -2.19. The Morgan fingerprint density at radius 3 is 2.11 bits per heavy atom. The molecule has 0 radical (unpaired) electrons. The minimum Gasteiger partial charge on any atom is -0.294 e. The first-order valence-corrected chi connectivity index (χ1v) is 5.55. The molecule has 2 nitrogen and oxygen atoms in total. The molecule has 0 bridgehead atoms. The molecule has 0 fully saturated rings. The van der Waals surface area contributed by atoms with Gasteiger partial charge in [-0.25, -0.2) is 0 Å². The maximum Gasteiger partial charge on any atom is 0.593 e. The van der Waals surface area contributed by atoms with Crippen molar-refractivity contribution in [1.82, 2.24) is 0 Å². The quantitative estimate of drug-likeness (QED) is 0.583. The molecule has 0 saturated heterocycles. The zero-order valence-electron chi connectivity index (χ0n) is 10.6. The molecular formula is C13H16F3NO. The van der Waals surface area contributed by atoms with Gasteiger partial charge in [-0.2, -0.15) is 0 Å². The third kappa shape index (κ3) is 5.70. The van der Waals surface area contributed by atoms with Crippen molar-refractivity contribution >= 4 is 5.71 Å². The van der Waals surface area contributed by atoms with Crippen LogP contribution in [0.1, 0.15) is 32.8 Å². The zero-order chi connectivity index (χ0) is 13.8. The Labute approximate surface area is 104 Å². The number of benzene rings is 1. The number of alkyl halides is 3. The summed E-state index contributed by atoms with van der Waals surface area (Å²) in [5.74, 6) is 0. The predicted octanol–water partition coefficient (Wildman–Crippen LogP) is 4.36. The molecule has 0 unspecified atom stereocenters. The first kappa shape index (κ1) is 14.5. The molecule has 0 spiro atoms. The van der Waals surface area contributed by atoms with E-state index in [1.54, 1.807) is 30.3 Å². The van der Waals surface area contributed by atoms with Crippen LogP contribution in [0.2, 0.25) is 0 Å². The maximum absolute atomic E-state index is 12.0. The second-order valence-corrected chi connectivity index (χ2v) is 5.18. The second kappa shape index (κ2) is 5.42. The van der Waals surface area contributed by atoms with E-state index < -0.39 is 6.36 Å². The smallest absolute Gasteiger partial charge is 0.294 e. The molecule has 0 aliphatic rings. The fourth-order valence-electron chi connectivity index (χ4n) is 1.43. The number of nitrogens with zero attached hydrogens (tertiary/aromatic N) is 1. The van der Waals surface area contributed by atoms with E-state index in [2.05, 4.69) is 9.99 Å². The second-order valence-electron chi connectivity index (χ2n) is 5.18. The molecule has 5 heteroatoms.